The lowest BCUT2D eigenvalue weighted by Crippen LogP contribution is -2.33. The Balaban J connectivity index is 2.76. The van der Waals surface area contributed by atoms with Gasteiger partial charge in [-0.05, 0) is 38.5 Å². The van der Waals surface area contributed by atoms with Gasteiger partial charge in [-0.1, -0.05) is 28.1 Å². The molecule has 0 aromatic heterocycles. The van der Waals surface area contributed by atoms with Crippen LogP contribution >= 0.6 is 15.9 Å². The maximum atomic E-state index is 11.7. The monoisotopic (exact) mass is 269 g/mol. The first-order valence-corrected chi connectivity index (χ1v) is 5.86. The van der Waals surface area contributed by atoms with Crippen LogP contribution in [0.15, 0.2) is 28.7 Å². The summed E-state index contributed by atoms with van der Waals surface area (Å²) in [5.74, 6) is -0.0343. The summed E-state index contributed by atoms with van der Waals surface area (Å²) >= 11 is 3.40. The first-order valence-electron chi connectivity index (χ1n) is 5.06. The Morgan fingerprint density at radius 1 is 1.33 bits per heavy atom. The van der Waals surface area contributed by atoms with Crippen molar-refractivity contribution >= 4 is 21.8 Å². The molecule has 1 atom stereocenters. The molecule has 0 fully saturated rings. The van der Waals surface area contributed by atoms with E-state index in [9.17, 15) is 4.79 Å². The lowest BCUT2D eigenvalue weighted by Gasteiger charge is -2.14. The molecular formula is C12H16BrNO. The van der Waals surface area contributed by atoms with Crippen molar-refractivity contribution in [1.82, 2.24) is 5.32 Å². The lowest BCUT2D eigenvalue weighted by molar-refractivity contribution is -0.122. The van der Waals surface area contributed by atoms with Gasteiger partial charge in [-0.2, -0.15) is 0 Å². The second-order valence-corrected chi connectivity index (χ2v) is 4.86. The fourth-order valence-corrected chi connectivity index (χ4v) is 1.75. The van der Waals surface area contributed by atoms with Gasteiger partial charge in [-0.25, -0.2) is 0 Å². The highest BCUT2D eigenvalue weighted by Gasteiger charge is 2.15. The fraction of sp³-hybridized carbons (Fsp3) is 0.417. The van der Waals surface area contributed by atoms with E-state index in [1.54, 1.807) is 0 Å². The van der Waals surface area contributed by atoms with E-state index in [-0.39, 0.29) is 17.9 Å². The molecule has 1 aromatic rings. The van der Waals surface area contributed by atoms with Gasteiger partial charge in [0.2, 0.25) is 5.91 Å². The fourth-order valence-electron chi connectivity index (χ4n) is 1.34. The van der Waals surface area contributed by atoms with Crippen LogP contribution in [-0.2, 0) is 4.79 Å². The number of benzene rings is 1. The molecule has 1 amide bonds. The highest BCUT2D eigenvalue weighted by atomic mass is 79.9. The predicted octanol–water partition coefficient (Wildman–Crippen LogP) is 3.08. The van der Waals surface area contributed by atoms with Crippen LogP contribution in [0.2, 0.25) is 0 Å². The van der Waals surface area contributed by atoms with Crippen molar-refractivity contribution in [3.05, 3.63) is 34.3 Å². The topological polar surface area (TPSA) is 29.1 Å². The number of amides is 1. The summed E-state index contributed by atoms with van der Waals surface area (Å²) in [5, 5.41) is 2.91. The van der Waals surface area contributed by atoms with E-state index < -0.39 is 0 Å². The first kappa shape index (κ1) is 12.2. The van der Waals surface area contributed by atoms with Gasteiger partial charge in [-0.3, -0.25) is 4.79 Å². The number of carbonyl (C=O) groups excluding carboxylic acids is 1. The molecule has 0 aliphatic rings. The van der Waals surface area contributed by atoms with E-state index in [0.717, 1.165) is 10.0 Å². The zero-order chi connectivity index (χ0) is 11.4. The molecule has 0 saturated carbocycles. The number of hydrogen-bond donors (Lipinski definition) is 1. The van der Waals surface area contributed by atoms with Crippen molar-refractivity contribution in [2.75, 3.05) is 0 Å². The molecule has 0 heterocycles. The average molecular weight is 270 g/mol. The van der Waals surface area contributed by atoms with Crippen LogP contribution in [0.1, 0.15) is 32.3 Å². The Labute approximate surface area is 99.2 Å². The van der Waals surface area contributed by atoms with E-state index in [1.807, 2.05) is 45.0 Å². The Kier molecular flexibility index (Phi) is 4.33. The molecule has 2 nitrogen and oxygen atoms in total. The van der Waals surface area contributed by atoms with E-state index in [0.29, 0.717) is 0 Å². The molecule has 1 aromatic carbocycles. The summed E-state index contributed by atoms with van der Waals surface area (Å²) in [6.07, 6.45) is 0. The van der Waals surface area contributed by atoms with Crippen LogP contribution < -0.4 is 5.32 Å². The number of carbonyl (C=O) groups is 1. The van der Waals surface area contributed by atoms with Gasteiger partial charge in [0.15, 0.2) is 0 Å². The van der Waals surface area contributed by atoms with E-state index in [1.165, 1.54) is 0 Å². The van der Waals surface area contributed by atoms with Gasteiger partial charge in [0.1, 0.15) is 0 Å². The van der Waals surface area contributed by atoms with Gasteiger partial charge in [0.25, 0.3) is 0 Å². The van der Waals surface area contributed by atoms with Crippen molar-refractivity contribution in [2.24, 2.45) is 0 Å². The highest BCUT2D eigenvalue weighted by Crippen LogP contribution is 2.19. The smallest absolute Gasteiger partial charge is 0.227 e. The minimum atomic E-state index is -0.107. The third kappa shape index (κ3) is 3.67. The second kappa shape index (κ2) is 5.31. The van der Waals surface area contributed by atoms with Gasteiger partial charge < -0.3 is 5.32 Å². The Bertz CT molecular complexity index is 349. The summed E-state index contributed by atoms with van der Waals surface area (Å²) in [4.78, 5) is 11.7. The average Bonchev–Trinajstić information content (AvgIpc) is 2.15. The molecule has 1 N–H and O–H groups in total. The number of hydrogen-bond acceptors (Lipinski definition) is 1. The molecule has 0 saturated heterocycles. The Hall–Kier alpha value is -0.830. The van der Waals surface area contributed by atoms with Gasteiger partial charge in [0.05, 0.1) is 5.92 Å². The normalized spacial score (nSPS) is 12.6. The summed E-state index contributed by atoms with van der Waals surface area (Å²) in [5.41, 5.74) is 1.03. The van der Waals surface area contributed by atoms with Crippen molar-refractivity contribution in [2.45, 2.75) is 32.7 Å². The minimum Gasteiger partial charge on any atom is -0.353 e. The summed E-state index contributed by atoms with van der Waals surface area (Å²) in [7, 11) is 0. The predicted molar refractivity (Wildman–Crippen MR) is 65.8 cm³/mol. The molecule has 0 bridgehead atoms. The van der Waals surface area contributed by atoms with Gasteiger partial charge >= 0.3 is 0 Å². The minimum absolute atomic E-state index is 0.0723. The Morgan fingerprint density at radius 2 is 2.00 bits per heavy atom. The van der Waals surface area contributed by atoms with Gasteiger partial charge in [0, 0.05) is 10.5 Å². The molecule has 0 aliphatic heterocycles. The molecule has 3 heteroatoms. The van der Waals surface area contributed by atoms with Crippen LogP contribution in [0, 0.1) is 0 Å². The standard InChI is InChI=1S/C12H16BrNO/c1-8(2)14-12(15)9(3)10-5-4-6-11(13)7-10/h4-9H,1-3H3,(H,14,15). The van der Waals surface area contributed by atoms with Crippen molar-refractivity contribution in [3.8, 4) is 0 Å². The zero-order valence-corrected chi connectivity index (χ0v) is 10.8. The van der Waals surface area contributed by atoms with E-state index in [2.05, 4.69) is 21.2 Å². The zero-order valence-electron chi connectivity index (χ0n) is 9.25. The third-order valence-corrected chi connectivity index (χ3v) is 2.67. The van der Waals surface area contributed by atoms with E-state index in [4.69, 9.17) is 0 Å². The molecule has 0 radical (unpaired) electrons. The number of rotatable bonds is 3. The highest BCUT2D eigenvalue weighted by molar-refractivity contribution is 9.10. The van der Waals surface area contributed by atoms with Crippen molar-refractivity contribution < 1.29 is 4.79 Å². The van der Waals surface area contributed by atoms with Crippen LogP contribution in [0.4, 0.5) is 0 Å². The molecule has 0 aliphatic carbocycles. The number of nitrogens with one attached hydrogen (secondary N) is 1. The molecule has 82 valence electrons. The molecule has 1 rings (SSSR count). The summed E-state index contributed by atoms with van der Waals surface area (Å²) < 4.78 is 1.00. The van der Waals surface area contributed by atoms with Crippen molar-refractivity contribution in [3.63, 3.8) is 0 Å². The number of halogens is 1. The SMILES string of the molecule is CC(C)NC(=O)C(C)c1cccc(Br)c1. The molecule has 1 unspecified atom stereocenters. The third-order valence-electron chi connectivity index (χ3n) is 2.17. The van der Waals surface area contributed by atoms with Crippen LogP contribution in [-0.4, -0.2) is 11.9 Å². The Morgan fingerprint density at radius 3 is 2.53 bits per heavy atom. The molecule has 15 heavy (non-hydrogen) atoms. The maximum Gasteiger partial charge on any atom is 0.227 e. The first-order chi connectivity index (χ1) is 7.00. The van der Waals surface area contributed by atoms with Gasteiger partial charge in [-0.15, -0.1) is 0 Å². The van der Waals surface area contributed by atoms with Crippen LogP contribution in [0.5, 0.6) is 0 Å². The lowest BCUT2D eigenvalue weighted by atomic mass is 10.0. The van der Waals surface area contributed by atoms with Crippen LogP contribution in [0.25, 0.3) is 0 Å². The van der Waals surface area contributed by atoms with Crippen LogP contribution in [0.3, 0.4) is 0 Å². The van der Waals surface area contributed by atoms with Crippen molar-refractivity contribution in [1.29, 1.82) is 0 Å². The largest absolute Gasteiger partial charge is 0.353 e. The second-order valence-electron chi connectivity index (χ2n) is 3.94. The quantitative estimate of drug-likeness (QED) is 0.898. The molecule has 0 spiro atoms. The van der Waals surface area contributed by atoms with E-state index >= 15 is 0 Å². The summed E-state index contributed by atoms with van der Waals surface area (Å²) in [6.45, 7) is 5.84. The summed E-state index contributed by atoms with van der Waals surface area (Å²) in [6, 6.07) is 8.03. The molecular weight excluding hydrogens is 254 g/mol. The maximum absolute atomic E-state index is 11.7.